The molecule has 0 aromatic rings. The van der Waals surface area contributed by atoms with E-state index in [1.54, 1.807) is 6.92 Å². The van der Waals surface area contributed by atoms with Crippen molar-refractivity contribution in [2.45, 2.75) is 57.8 Å². The highest BCUT2D eigenvalue weighted by molar-refractivity contribution is 7.80. The number of carbonyl (C=O) groups excluding carboxylic acids is 4. The van der Waals surface area contributed by atoms with E-state index in [9.17, 15) is 24.0 Å². The Hall–Kier alpha value is -2.34. The number of amides is 4. The van der Waals surface area contributed by atoms with Crippen LogP contribution >= 0.6 is 12.6 Å². The van der Waals surface area contributed by atoms with Crippen molar-refractivity contribution in [3.8, 4) is 0 Å². The lowest BCUT2D eigenvalue weighted by Crippen LogP contribution is -2.57. The summed E-state index contributed by atoms with van der Waals surface area (Å²) in [5.41, 5.74) is 10.9. The zero-order valence-electron chi connectivity index (χ0n) is 16.1. The number of hydrogen-bond acceptors (Lipinski definition) is 7. The van der Waals surface area contributed by atoms with Crippen molar-refractivity contribution in [2.75, 3.05) is 5.75 Å². The van der Waals surface area contributed by atoms with E-state index >= 15 is 0 Å². The molecule has 0 spiro atoms. The first-order chi connectivity index (χ1) is 12.9. The molecule has 28 heavy (non-hydrogen) atoms. The summed E-state index contributed by atoms with van der Waals surface area (Å²) >= 11 is 3.82. The van der Waals surface area contributed by atoms with Crippen molar-refractivity contribution < 1.29 is 29.1 Å². The van der Waals surface area contributed by atoms with E-state index in [-0.39, 0.29) is 11.7 Å². The molecule has 0 saturated carbocycles. The number of nitrogens with two attached hydrogens (primary N) is 2. The van der Waals surface area contributed by atoms with Crippen molar-refractivity contribution in [1.82, 2.24) is 16.0 Å². The van der Waals surface area contributed by atoms with Gasteiger partial charge in [0.05, 0.1) is 12.5 Å². The minimum Gasteiger partial charge on any atom is -0.480 e. The Bertz CT molecular complexity index is 602. The van der Waals surface area contributed by atoms with Gasteiger partial charge in [-0.2, -0.15) is 12.6 Å². The van der Waals surface area contributed by atoms with Gasteiger partial charge in [0.25, 0.3) is 0 Å². The van der Waals surface area contributed by atoms with Gasteiger partial charge in [0.15, 0.2) is 0 Å². The summed E-state index contributed by atoms with van der Waals surface area (Å²) < 4.78 is 0. The van der Waals surface area contributed by atoms with Gasteiger partial charge in [-0.05, 0) is 12.8 Å². The molecule has 0 rings (SSSR count). The molecule has 5 atom stereocenters. The summed E-state index contributed by atoms with van der Waals surface area (Å²) in [7, 11) is 0. The van der Waals surface area contributed by atoms with E-state index < -0.39 is 60.2 Å². The quantitative estimate of drug-likeness (QED) is 0.173. The number of thiol groups is 1. The maximum atomic E-state index is 12.3. The molecular formula is C16H29N5O6S. The second-order valence-electron chi connectivity index (χ2n) is 6.46. The van der Waals surface area contributed by atoms with E-state index in [0.717, 1.165) is 0 Å². The number of aliphatic carboxylic acids is 1. The van der Waals surface area contributed by atoms with E-state index in [1.807, 2.05) is 6.92 Å². The van der Waals surface area contributed by atoms with Crippen molar-refractivity contribution in [1.29, 1.82) is 0 Å². The topological polar surface area (TPSA) is 194 Å². The molecule has 12 heteroatoms. The van der Waals surface area contributed by atoms with Crippen LogP contribution in [0, 0.1) is 5.92 Å². The van der Waals surface area contributed by atoms with Gasteiger partial charge in [-0.25, -0.2) is 4.79 Å². The summed E-state index contributed by atoms with van der Waals surface area (Å²) in [6.07, 6.45) is 0.120. The fourth-order valence-corrected chi connectivity index (χ4v) is 2.30. The third kappa shape index (κ3) is 8.57. The van der Waals surface area contributed by atoms with Gasteiger partial charge < -0.3 is 32.5 Å². The van der Waals surface area contributed by atoms with Gasteiger partial charge in [0.1, 0.15) is 18.1 Å². The fourth-order valence-electron chi connectivity index (χ4n) is 2.05. The van der Waals surface area contributed by atoms with Crippen LogP contribution in [0.5, 0.6) is 0 Å². The molecule has 11 nitrogen and oxygen atoms in total. The van der Waals surface area contributed by atoms with Crippen LogP contribution in [-0.4, -0.2) is 64.6 Å². The Morgan fingerprint density at radius 1 is 0.964 bits per heavy atom. The van der Waals surface area contributed by atoms with E-state index in [4.69, 9.17) is 16.6 Å². The SMILES string of the molecule is CCC(C)C(N)C(=O)NC(C)C(=O)NC(CC(N)=O)C(=O)NC(CS)C(=O)O. The molecule has 5 unspecified atom stereocenters. The highest BCUT2D eigenvalue weighted by Crippen LogP contribution is 2.05. The van der Waals surface area contributed by atoms with Crippen LogP contribution in [0.25, 0.3) is 0 Å². The van der Waals surface area contributed by atoms with Crippen LogP contribution in [0.1, 0.15) is 33.6 Å². The molecule has 8 N–H and O–H groups in total. The molecule has 0 saturated heterocycles. The first-order valence-corrected chi connectivity index (χ1v) is 9.36. The average molecular weight is 420 g/mol. The second kappa shape index (κ2) is 12.2. The minimum absolute atomic E-state index is 0.0992. The van der Waals surface area contributed by atoms with E-state index in [2.05, 4.69) is 28.6 Å². The van der Waals surface area contributed by atoms with Crippen LogP contribution < -0.4 is 27.4 Å². The molecular weight excluding hydrogens is 390 g/mol. The van der Waals surface area contributed by atoms with Crippen LogP contribution in [0.3, 0.4) is 0 Å². The normalized spacial score (nSPS) is 16.0. The summed E-state index contributed by atoms with van der Waals surface area (Å²) in [4.78, 5) is 58.8. The smallest absolute Gasteiger partial charge is 0.327 e. The molecule has 0 aliphatic heterocycles. The van der Waals surface area contributed by atoms with Crippen LogP contribution in [0.2, 0.25) is 0 Å². The monoisotopic (exact) mass is 419 g/mol. The molecule has 160 valence electrons. The molecule has 0 radical (unpaired) electrons. The van der Waals surface area contributed by atoms with Crippen LogP contribution in [-0.2, 0) is 24.0 Å². The van der Waals surface area contributed by atoms with Crippen LogP contribution in [0.4, 0.5) is 0 Å². The first-order valence-electron chi connectivity index (χ1n) is 8.73. The molecule has 0 aliphatic rings. The third-order valence-corrected chi connectivity index (χ3v) is 4.51. The Kier molecular flexibility index (Phi) is 11.2. The number of carboxylic acid groups (broad SMARTS) is 1. The zero-order valence-corrected chi connectivity index (χ0v) is 17.0. The molecule has 0 bridgehead atoms. The first kappa shape index (κ1) is 25.7. The predicted octanol–water partition coefficient (Wildman–Crippen LogP) is -2.28. The maximum absolute atomic E-state index is 12.3. The minimum atomic E-state index is -1.41. The standard InChI is InChI=1S/C16H29N5O6S/c1-4-7(2)12(18)15(25)19-8(3)13(23)20-9(5-11(17)22)14(24)21-10(6-28)16(26)27/h7-10,12,28H,4-6,18H2,1-3H3,(H2,17,22)(H,19,25)(H,20,23)(H,21,24)(H,26,27). The summed E-state index contributed by atoms with van der Waals surface area (Å²) in [6.45, 7) is 5.04. The lowest BCUT2D eigenvalue weighted by atomic mass is 9.99. The summed E-state index contributed by atoms with van der Waals surface area (Å²) in [5.74, 6) is -4.71. The second-order valence-corrected chi connectivity index (χ2v) is 6.82. The number of rotatable bonds is 12. The molecule has 0 aromatic heterocycles. The molecule has 0 heterocycles. The summed E-state index contributed by atoms with van der Waals surface area (Å²) in [5, 5.41) is 15.8. The van der Waals surface area contributed by atoms with Crippen molar-refractivity contribution >= 4 is 42.2 Å². The van der Waals surface area contributed by atoms with Gasteiger partial charge in [-0.3, -0.25) is 19.2 Å². The number of primary amides is 1. The van der Waals surface area contributed by atoms with Gasteiger partial charge in [0.2, 0.25) is 23.6 Å². The molecule has 0 aromatic carbocycles. The molecule has 0 aliphatic carbocycles. The highest BCUT2D eigenvalue weighted by atomic mass is 32.1. The van der Waals surface area contributed by atoms with Crippen molar-refractivity contribution in [3.05, 3.63) is 0 Å². The number of nitrogens with one attached hydrogen (secondary N) is 3. The van der Waals surface area contributed by atoms with Crippen molar-refractivity contribution in [3.63, 3.8) is 0 Å². The average Bonchev–Trinajstić information content (AvgIpc) is 2.62. The summed E-state index contributed by atoms with van der Waals surface area (Å²) in [6, 6.07) is -4.58. The third-order valence-electron chi connectivity index (χ3n) is 4.15. The Labute approximate surface area is 168 Å². The highest BCUT2D eigenvalue weighted by Gasteiger charge is 2.29. The predicted molar refractivity (Wildman–Crippen MR) is 104 cm³/mol. The largest absolute Gasteiger partial charge is 0.480 e. The number of hydrogen-bond donors (Lipinski definition) is 7. The van der Waals surface area contributed by atoms with Gasteiger partial charge >= 0.3 is 5.97 Å². The number of carbonyl (C=O) groups is 5. The van der Waals surface area contributed by atoms with E-state index in [0.29, 0.717) is 6.42 Å². The maximum Gasteiger partial charge on any atom is 0.327 e. The lowest BCUT2D eigenvalue weighted by Gasteiger charge is -2.23. The van der Waals surface area contributed by atoms with E-state index in [1.165, 1.54) is 6.92 Å². The molecule has 0 fully saturated rings. The Balaban J connectivity index is 5.05. The molecule has 4 amide bonds. The Morgan fingerprint density at radius 2 is 1.50 bits per heavy atom. The Morgan fingerprint density at radius 3 is 1.93 bits per heavy atom. The fraction of sp³-hybridized carbons (Fsp3) is 0.688. The van der Waals surface area contributed by atoms with Crippen molar-refractivity contribution in [2.24, 2.45) is 17.4 Å². The van der Waals surface area contributed by atoms with Crippen LogP contribution in [0.15, 0.2) is 0 Å². The number of carboxylic acids is 1. The lowest BCUT2D eigenvalue weighted by molar-refractivity contribution is -0.141. The van der Waals surface area contributed by atoms with Gasteiger partial charge in [-0.1, -0.05) is 20.3 Å². The zero-order chi connectivity index (χ0) is 22.0. The van der Waals surface area contributed by atoms with Gasteiger partial charge in [-0.15, -0.1) is 0 Å². The van der Waals surface area contributed by atoms with Gasteiger partial charge in [0, 0.05) is 5.75 Å².